The van der Waals surface area contributed by atoms with Crippen molar-refractivity contribution in [3.8, 4) is 11.5 Å². The first-order valence-corrected chi connectivity index (χ1v) is 7.98. The van der Waals surface area contributed by atoms with Crippen LogP contribution in [0, 0.1) is 0 Å². The first-order valence-electron chi connectivity index (χ1n) is 7.98. The van der Waals surface area contributed by atoms with E-state index < -0.39 is 0 Å². The molecular weight excluding hydrogens is 288 g/mol. The van der Waals surface area contributed by atoms with Crippen molar-refractivity contribution in [2.45, 2.75) is 18.9 Å². The van der Waals surface area contributed by atoms with E-state index in [1.165, 1.54) is 0 Å². The Bertz CT molecular complexity index is 882. The Morgan fingerprint density at radius 2 is 1.83 bits per heavy atom. The molecule has 0 saturated carbocycles. The number of para-hydroxylation sites is 1. The third-order valence-corrected chi connectivity index (χ3v) is 4.38. The number of fused-ring (bicyclic) bond motifs is 1. The Labute approximate surface area is 134 Å². The molecule has 5 heteroatoms. The van der Waals surface area contributed by atoms with Crippen molar-refractivity contribution in [3.63, 3.8) is 0 Å². The predicted molar refractivity (Wildman–Crippen MR) is 90.4 cm³/mol. The van der Waals surface area contributed by atoms with Crippen LogP contribution in [0.15, 0.2) is 53.5 Å². The zero-order valence-corrected chi connectivity index (χ0v) is 12.8. The van der Waals surface area contributed by atoms with Gasteiger partial charge in [-0.1, -0.05) is 18.2 Å². The highest BCUT2D eigenvalue weighted by Crippen LogP contribution is 2.24. The van der Waals surface area contributed by atoms with Gasteiger partial charge >= 0.3 is 0 Å². The van der Waals surface area contributed by atoms with Gasteiger partial charge in [0.05, 0.1) is 10.9 Å². The molecule has 0 atom stereocenters. The van der Waals surface area contributed by atoms with Crippen molar-refractivity contribution in [2.24, 2.45) is 0 Å². The van der Waals surface area contributed by atoms with Crippen LogP contribution in [0.25, 0.3) is 22.4 Å². The highest BCUT2D eigenvalue weighted by atomic mass is 16.1. The fourth-order valence-corrected chi connectivity index (χ4v) is 3.23. The van der Waals surface area contributed by atoms with Crippen LogP contribution in [0.3, 0.4) is 0 Å². The number of rotatable bonds is 2. The second kappa shape index (κ2) is 5.93. The van der Waals surface area contributed by atoms with E-state index in [0.29, 0.717) is 11.2 Å². The third-order valence-electron chi connectivity index (χ3n) is 4.38. The number of hydrogen-bond acceptors (Lipinski definition) is 4. The van der Waals surface area contributed by atoms with Gasteiger partial charge in [0.25, 0.3) is 5.56 Å². The molecule has 0 spiro atoms. The topological polar surface area (TPSA) is 59.8 Å². The quantitative estimate of drug-likeness (QED) is 0.790. The van der Waals surface area contributed by atoms with Gasteiger partial charge in [0.1, 0.15) is 5.69 Å². The van der Waals surface area contributed by atoms with Crippen molar-refractivity contribution >= 4 is 10.9 Å². The van der Waals surface area contributed by atoms with Gasteiger partial charge < -0.3 is 5.32 Å². The van der Waals surface area contributed by atoms with E-state index in [-0.39, 0.29) is 11.6 Å². The average Bonchev–Trinajstić information content (AvgIpc) is 2.63. The molecule has 1 fully saturated rings. The van der Waals surface area contributed by atoms with Crippen molar-refractivity contribution in [2.75, 3.05) is 13.1 Å². The molecule has 2 aromatic heterocycles. The molecule has 0 amide bonds. The van der Waals surface area contributed by atoms with E-state index in [1.807, 2.05) is 47.0 Å². The molecule has 1 aromatic carbocycles. The van der Waals surface area contributed by atoms with Crippen LogP contribution in [0.5, 0.6) is 0 Å². The van der Waals surface area contributed by atoms with E-state index in [2.05, 4.69) is 10.3 Å². The zero-order chi connectivity index (χ0) is 15.6. The van der Waals surface area contributed by atoms with Crippen LogP contribution >= 0.6 is 0 Å². The van der Waals surface area contributed by atoms with Crippen LogP contribution in [-0.4, -0.2) is 27.6 Å². The molecule has 1 N–H and O–H groups in total. The summed E-state index contributed by atoms with van der Waals surface area (Å²) < 4.78 is 1.85. The van der Waals surface area contributed by atoms with Gasteiger partial charge in [-0.2, -0.15) is 0 Å². The molecule has 0 unspecified atom stereocenters. The number of piperidine rings is 1. The summed E-state index contributed by atoms with van der Waals surface area (Å²) in [7, 11) is 0. The molecule has 0 bridgehead atoms. The maximum atomic E-state index is 13.1. The van der Waals surface area contributed by atoms with Gasteiger partial charge in [-0.3, -0.25) is 14.3 Å². The normalized spacial score (nSPS) is 15.8. The largest absolute Gasteiger partial charge is 0.317 e. The van der Waals surface area contributed by atoms with Crippen molar-refractivity contribution in [1.29, 1.82) is 0 Å². The van der Waals surface area contributed by atoms with Gasteiger partial charge in [0, 0.05) is 12.2 Å². The van der Waals surface area contributed by atoms with Crippen molar-refractivity contribution in [3.05, 3.63) is 59.0 Å². The molecular formula is C18H18N4O. The SMILES string of the molecule is O=c1c2ccccc2nc(-c2ccccn2)n1C1CCNCC1. The Balaban J connectivity index is 2.00. The number of aromatic nitrogens is 3. The molecule has 5 nitrogen and oxygen atoms in total. The van der Waals surface area contributed by atoms with Gasteiger partial charge in [-0.15, -0.1) is 0 Å². The van der Waals surface area contributed by atoms with Crippen LogP contribution in [0.2, 0.25) is 0 Å². The van der Waals surface area contributed by atoms with Crippen molar-refractivity contribution < 1.29 is 0 Å². The Kier molecular flexibility index (Phi) is 3.63. The zero-order valence-electron chi connectivity index (χ0n) is 12.8. The van der Waals surface area contributed by atoms with E-state index >= 15 is 0 Å². The van der Waals surface area contributed by atoms with Crippen LogP contribution < -0.4 is 10.9 Å². The average molecular weight is 306 g/mol. The number of nitrogens with zero attached hydrogens (tertiary/aromatic N) is 3. The lowest BCUT2D eigenvalue weighted by atomic mass is 10.1. The van der Waals surface area contributed by atoms with Gasteiger partial charge in [0.2, 0.25) is 0 Å². The van der Waals surface area contributed by atoms with Gasteiger partial charge in [-0.25, -0.2) is 4.98 Å². The molecule has 4 rings (SSSR count). The summed E-state index contributed by atoms with van der Waals surface area (Å²) in [6.07, 6.45) is 3.60. The fourth-order valence-electron chi connectivity index (χ4n) is 3.23. The fraction of sp³-hybridized carbons (Fsp3) is 0.278. The summed E-state index contributed by atoms with van der Waals surface area (Å²) in [5, 5.41) is 4.02. The molecule has 0 radical (unpaired) electrons. The number of pyridine rings is 1. The first kappa shape index (κ1) is 14.1. The Hall–Kier alpha value is -2.53. The standard InChI is InChI=1S/C18H18N4O/c23-18-14-5-1-2-6-15(14)21-17(16-7-3-4-10-20-16)22(18)13-8-11-19-12-9-13/h1-7,10,13,19H,8-9,11-12H2. The number of hydrogen-bond donors (Lipinski definition) is 1. The molecule has 1 aliphatic heterocycles. The summed E-state index contributed by atoms with van der Waals surface area (Å²) >= 11 is 0. The molecule has 1 saturated heterocycles. The van der Waals surface area contributed by atoms with Crippen LogP contribution in [0.4, 0.5) is 0 Å². The molecule has 1 aliphatic rings. The van der Waals surface area contributed by atoms with E-state index in [0.717, 1.165) is 37.1 Å². The highest BCUT2D eigenvalue weighted by molar-refractivity contribution is 5.79. The highest BCUT2D eigenvalue weighted by Gasteiger charge is 2.22. The maximum absolute atomic E-state index is 13.1. The monoisotopic (exact) mass is 306 g/mol. The minimum Gasteiger partial charge on any atom is -0.317 e. The molecule has 23 heavy (non-hydrogen) atoms. The predicted octanol–water partition coefficient (Wildman–Crippen LogP) is 2.38. The summed E-state index contributed by atoms with van der Waals surface area (Å²) in [6.45, 7) is 1.84. The summed E-state index contributed by atoms with van der Waals surface area (Å²) in [6, 6.07) is 13.4. The number of nitrogens with one attached hydrogen (secondary N) is 1. The van der Waals surface area contributed by atoms with E-state index in [9.17, 15) is 4.79 Å². The first-order chi connectivity index (χ1) is 11.3. The minimum absolute atomic E-state index is 0.0307. The molecule has 116 valence electrons. The summed E-state index contributed by atoms with van der Waals surface area (Å²) in [5.41, 5.74) is 1.50. The van der Waals surface area contributed by atoms with Crippen LogP contribution in [-0.2, 0) is 0 Å². The van der Waals surface area contributed by atoms with Gasteiger partial charge in [-0.05, 0) is 50.2 Å². The maximum Gasteiger partial charge on any atom is 0.261 e. The Morgan fingerprint density at radius 1 is 1.04 bits per heavy atom. The minimum atomic E-state index is 0.0307. The van der Waals surface area contributed by atoms with Gasteiger partial charge in [0.15, 0.2) is 5.82 Å². The smallest absolute Gasteiger partial charge is 0.261 e. The lowest BCUT2D eigenvalue weighted by Gasteiger charge is -2.26. The molecule has 0 aliphatic carbocycles. The molecule has 3 aromatic rings. The summed E-state index contributed by atoms with van der Waals surface area (Å²) in [4.78, 5) is 22.3. The van der Waals surface area contributed by atoms with E-state index in [4.69, 9.17) is 4.98 Å². The van der Waals surface area contributed by atoms with Crippen molar-refractivity contribution in [1.82, 2.24) is 19.9 Å². The van der Waals surface area contributed by atoms with Crippen LogP contribution in [0.1, 0.15) is 18.9 Å². The lowest BCUT2D eigenvalue weighted by Crippen LogP contribution is -2.35. The second-order valence-corrected chi connectivity index (χ2v) is 5.82. The lowest BCUT2D eigenvalue weighted by molar-refractivity contribution is 0.362. The number of benzene rings is 1. The second-order valence-electron chi connectivity index (χ2n) is 5.82. The third kappa shape index (κ3) is 2.53. The molecule has 3 heterocycles. The Morgan fingerprint density at radius 3 is 2.61 bits per heavy atom. The van der Waals surface area contributed by atoms with E-state index in [1.54, 1.807) is 6.20 Å². The summed E-state index contributed by atoms with van der Waals surface area (Å²) in [5.74, 6) is 0.668.